The van der Waals surface area contributed by atoms with Gasteiger partial charge < -0.3 is 9.84 Å². The SMILES string of the molecule is CCN(C(C)c1cc(Br)ccc1F)C1COCC1C(=O)O. The molecule has 1 aromatic rings. The van der Waals surface area contributed by atoms with Crippen LogP contribution < -0.4 is 0 Å². The second kappa shape index (κ2) is 6.85. The summed E-state index contributed by atoms with van der Waals surface area (Å²) in [4.78, 5) is 13.3. The van der Waals surface area contributed by atoms with Crippen molar-refractivity contribution in [2.45, 2.75) is 25.9 Å². The lowest BCUT2D eigenvalue weighted by Crippen LogP contribution is -2.44. The van der Waals surface area contributed by atoms with E-state index in [0.717, 1.165) is 4.47 Å². The highest BCUT2D eigenvalue weighted by atomic mass is 79.9. The van der Waals surface area contributed by atoms with E-state index < -0.39 is 11.9 Å². The minimum atomic E-state index is -0.863. The predicted octanol–water partition coefficient (Wildman–Crippen LogP) is 3.07. The Morgan fingerprint density at radius 1 is 1.57 bits per heavy atom. The zero-order valence-electron chi connectivity index (χ0n) is 12.1. The van der Waals surface area contributed by atoms with Crippen LogP contribution in [0.2, 0.25) is 0 Å². The Labute approximate surface area is 132 Å². The van der Waals surface area contributed by atoms with Crippen LogP contribution in [0.4, 0.5) is 4.39 Å². The Hall–Kier alpha value is -0.980. The van der Waals surface area contributed by atoms with Crippen LogP contribution >= 0.6 is 15.9 Å². The summed E-state index contributed by atoms with van der Waals surface area (Å²) in [6, 6.07) is 4.36. The number of carboxylic acid groups (broad SMARTS) is 1. The number of benzene rings is 1. The summed E-state index contributed by atoms with van der Waals surface area (Å²) in [6.45, 7) is 5.05. The molecule has 1 aromatic carbocycles. The van der Waals surface area contributed by atoms with E-state index in [9.17, 15) is 14.3 Å². The van der Waals surface area contributed by atoms with E-state index in [1.807, 2.05) is 18.7 Å². The van der Waals surface area contributed by atoms with E-state index in [1.165, 1.54) is 6.07 Å². The molecule has 0 bridgehead atoms. The van der Waals surface area contributed by atoms with Gasteiger partial charge in [-0.3, -0.25) is 9.69 Å². The maximum absolute atomic E-state index is 14.1. The van der Waals surface area contributed by atoms with Gasteiger partial charge in [0, 0.05) is 22.1 Å². The number of likely N-dealkylation sites (N-methyl/N-ethyl adjacent to an activating group) is 1. The van der Waals surface area contributed by atoms with Crippen molar-refractivity contribution in [1.82, 2.24) is 4.90 Å². The molecule has 2 rings (SSSR count). The molecule has 116 valence electrons. The first kappa shape index (κ1) is 16.4. The Morgan fingerprint density at radius 2 is 2.29 bits per heavy atom. The number of hydrogen-bond acceptors (Lipinski definition) is 3. The van der Waals surface area contributed by atoms with Crippen LogP contribution in [-0.4, -0.2) is 41.8 Å². The van der Waals surface area contributed by atoms with E-state index >= 15 is 0 Å². The number of nitrogens with zero attached hydrogens (tertiary/aromatic N) is 1. The third-order valence-corrected chi connectivity index (χ3v) is 4.56. The van der Waals surface area contributed by atoms with Crippen LogP contribution in [0, 0.1) is 11.7 Å². The minimum absolute atomic E-state index is 0.212. The van der Waals surface area contributed by atoms with Crippen LogP contribution in [0.5, 0.6) is 0 Å². The third-order valence-electron chi connectivity index (χ3n) is 4.06. The molecule has 1 aliphatic rings. The van der Waals surface area contributed by atoms with Crippen LogP contribution in [-0.2, 0) is 9.53 Å². The first-order chi connectivity index (χ1) is 9.95. The van der Waals surface area contributed by atoms with E-state index in [1.54, 1.807) is 12.1 Å². The lowest BCUT2D eigenvalue weighted by atomic mass is 9.98. The molecule has 3 unspecified atom stereocenters. The maximum Gasteiger partial charge on any atom is 0.310 e. The standard InChI is InChI=1S/C15H19BrFNO3/c1-3-18(14-8-21-7-12(14)15(19)20)9(2)11-6-10(16)4-5-13(11)17/h4-6,9,12,14H,3,7-8H2,1-2H3,(H,19,20). The molecule has 1 fully saturated rings. The smallest absolute Gasteiger partial charge is 0.310 e. The zero-order valence-corrected chi connectivity index (χ0v) is 13.6. The lowest BCUT2D eigenvalue weighted by molar-refractivity contribution is -0.143. The van der Waals surface area contributed by atoms with Crippen molar-refractivity contribution >= 4 is 21.9 Å². The van der Waals surface area contributed by atoms with Gasteiger partial charge in [-0.05, 0) is 31.7 Å². The molecule has 1 saturated heterocycles. The largest absolute Gasteiger partial charge is 0.481 e. The number of carbonyl (C=O) groups is 1. The van der Waals surface area contributed by atoms with Gasteiger partial charge in [0.1, 0.15) is 5.82 Å². The third kappa shape index (κ3) is 3.44. The predicted molar refractivity (Wildman–Crippen MR) is 80.6 cm³/mol. The molecule has 1 N–H and O–H groups in total. The molecule has 0 saturated carbocycles. The van der Waals surface area contributed by atoms with Crippen LogP contribution in [0.25, 0.3) is 0 Å². The molecule has 3 atom stereocenters. The van der Waals surface area contributed by atoms with Crippen molar-refractivity contribution in [3.8, 4) is 0 Å². The van der Waals surface area contributed by atoms with Crippen LogP contribution in [0.3, 0.4) is 0 Å². The van der Waals surface area contributed by atoms with E-state index in [0.29, 0.717) is 18.7 Å². The zero-order chi connectivity index (χ0) is 15.6. The van der Waals surface area contributed by atoms with Gasteiger partial charge in [0.05, 0.1) is 19.1 Å². The van der Waals surface area contributed by atoms with Crippen molar-refractivity contribution < 1.29 is 19.0 Å². The lowest BCUT2D eigenvalue weighted by Gasteiger charge is -2.35. The Morgan fingerprint density at radius 3 is 2.90 bits per heavy atom. The summed E-state index contributed by atoms with van der Waals surface area (Å²) in [5.41, 5.74) is 0.558. The molecule has 21 heavy (non-hydrogen) atoms. The molecular weight excluding hydrogens is 341 g/mol. The summed E-state index contributed by atoms with van der Waals surface area (Å²) in [6.07, 6.45) is 0. The normalized spacial score (nSPS) is 23.5. The number of carboxylic acids is 1. The van der Waals surface area contributed by atoms with Crippen molar-refractivity contribution in [3.63, 3.8) is 0 Å². The number of hydrogen-bond donors (Lipinski definition) is 1. The molecular formula is C15H19BrFNO3. The van der Waals surface area contributed by atoms with Gasteiger partial charge in [-0.1, -0.05) is 22.9 Å². The second-order valence-corrected chi connectivity index (χ2v) is 6.14. The number of rotatable bonds is 5. The molecule has 6 heteroatoms. The monoisotopic (exact) mass is 359 g/mol. The van der Waals surface area contributed by atoms with Crippen molar-refractivity contribution in [1.29, 1.82) is 0 Å². The van der Waals surface area contributed by atoms with Gasteiger partial charge in [-0.2, -0.15) is 0 Å². The van der Waals surface area contributed by atoms with E-state index in [4.69, 9.17) is 4.74 Å². The van der Waals surface area contributed by atoms with Gasteiger partial charge in [-0.25, -0.2) is 4.39 Å². The molecule has 0 aromatic heterocycles. The summed E-state index contributed by atoms with van der Waals surface area (Å²) >= 11 is 3.35. The average molecular weight is 360 g/mol. The fourth-order valence-electron chi connectivity index (χ4n) is 2.91. The fourth-order valence-corrected chi connectivity index (χ4v) is 3.29. The quantitative estimate of drug-likeness (QED) is 0.877. The highest BCUT2D eigenvalue weighted by Gasteiger charge is 2.39. The number of ether oxygens (including phenoxy) is 1. The topological polar surface area (TPSA) is 49.8 Å². The van der Waals surface area contributed by atoms with Gasteiger partial charge in [0.2, 0.25) is 0 Å². The van der Waals surface area contributed by atoms with Gasteiger partial charge in [0.15, 0.2) is 0 Å². The summed E-state index contributed by atoms with van der Waals surface area (Å²) in [7, 11) is 0. The van der Waals surface area contributed by atoms with E-state index in [-0.39, 0.29) is 24.5 Å². The van der Waals surface area contributed by atoms with Crippen LogP contribution in [0.15, 0.2) is 22.7 Å². The molecule has 0 spiro atoms. The summed E-state index contributed by atoms with van der Waals surface area (Å²) in [5.74, 6) is -1.71. The summed E-state index contributed by atoms with van der Waals surface area (Å²) in [5, 5.41) is 9.29. The molecule has 1 heterocycles. The molecule has 0 amide bonds. The highest BCUT2D eigenvalue weighted by Crippen LogP contribution is 2.31. The Kier molecular flexibility index (Phi) is 5.35. The fraction of sp³-hybridized carbons (Fsp3) is 0.533. The van der Waals surface area contributed by atoms with Crippen molar-refractivity contribution in [2.24, 2.45) is 5.92 Å². The molecule has 0 aliphatic carbocycles. The Bertz CT molecular complexity index is 526. The van der Waals surface area contributed by atoms with Crippen molar-refractivity contribution in [2.75, 3.05) is 19.8 Å². The number of aliphatic carboxylic acids is 1. The van der Waals surface area contributed by atoms with Crippen LogP contribution in [0.1, 0.15) is 25.5 Å². The van der Waals surface area contributed by atoms with E-state index in [2.05, 4.69) is 15.9 Å². The Balaban J connectivity index is 2.28. The average Bonchev–Trinajstić information content (AvgIpc) is 2.91. The first-order valence-corrected chi connectivity index (χ1v) is 7.76. The highest BCUT2D eigenvalue weighted by molar-refractivity contribution is 9.10. The molecule has 0 radical (unpaired) electrons. The molecule has 1 aliphatic heterocycles. The van der Waals surface area contributed by atoms with Gasteiger partial charge in [0.25, 0.3) is 0 Å². The number of halogens is 2. The maximum atomic E-state index is 14.1. The first-order valence-electron chi connectivity index (χ1n) is 6.97. The van der Waals surface area contributed by atoms with Gasteiger partial charge >= 0.3 is 5.97 Å². The van der Waals surface area contributed by atoms with Crippen molar-refractivity contribution in [3.05, 3.63) is 34.1 Å². The summed E-state index contributed by atoms with van der Waals surface area (Å²) < 4.78 is 20.2. The minimum Gasteiger partial charge on any atom is -0.481 e. The van der Waals surface area contributed by atoms with Gasteiger partial charge in [-0.15, -0.1) is 0 Å². The second-order valence-electron chi connectivity index (χ2n) is 5.22. The molecule has 4 nitrogen and oxygen atoms in total.